The van der Waals surface area contributed by atoms with Crippen molar-refractivity contribution >= 4 is 74.3 Å². The molecule has 4 aromatic rings. The molecule has 0 aliphatic carbocycles. The second kappa shape index (κ2) is 13.6. The van der Waals surface area contributed by atoms with Crippen molar-refractivity contribution in [3.63, 3.8) is 0 Å². The van der Waals surface area contributed by atoms with Crippen LogP contribution in [0.4, 0.5) is 0 Å². The molecule has 1 aliphatic heterocycles. The highest BCUT2D eigenvalue weighted by atomic mass is 127. The smallest absolute Gasteiger partial charge is 0.338 e. The van der Waals surface area contributed by atoms with Crippen LogP contribution in [0.3, 0.4) is 0 Å². The SMILES string of the molecule is C#CCOc1c(I)cc(I)cc1/C=c1\sc2n(c1=O)[C@@H](c1ccc(C(C)C)cc1)C(C(=O)OCC)=C(c1ccccc1)N=2. The Morgan fingerprint density at radius 2 is 1.86 bits per heavy atom. The zero-order valence-electron chi connectivity index (χ0n) is 23.8. The molecular weight excluding hydrogens is 786 g/mol. The van der Waals surface area contributed by atoms with Gasteiger partial charge in [-0.2, -0.15) is 0 Å². The lowest BCUT2D eigenvalue weighted by Gasteiger charge is -2.26. The third-order valence-electron chi connectivity index (χ3n) is 6.92. The quantitative estimate of drug-likeness (QED) is 0.119. The molecule has 1 atom stereocenters. The molecule has 0 fully saturated rings. The number of halogens is 2. The Kier molecular flexibility index (Phi) is 9.88. The number of esters is 1. The summed E-state index contributed by atoms with van der Waals surface area (Å²) in [4.78, 5) is 33.4. The van der Waals surface area contributed by atoms with Crippen LogP contribution in [0.5, 0.6) is 5.75 Å². The van der Waals surface area contributed by atoms with E-state index in [0.29, 0.717) is 32.3 Å². The number of thiazole rings is 1. The first-order valence-electron chi connectivity index (χ1n) is 13.7. The van der Waals surface area contributed by atoms with Crippen molar-refractivity contribution in [1.82, 2.24) is 4.57 Å². The number of terminal acetylenes is 1. The molecule has 6 nitrogen and oxygen atoms in total. The number of nitrogens with zero attached hydrogens (tertiary/aromatic N) is 2. The fraction of sp³-hybridized carbons (Fsp3) is 0.206. The molecule has 0 unspecified atom stereocenters. The van der Waals surface area contributed by atoms with E-state index in [1.807, 2.05) is 72.8 Å². The minimum atomic E-state index is -0.734. The molecular formula is C34H28I2N2O4S. The summed E-state index contributed by atoms with van der Waals surface area (Å²) >= 11 is 5.72. The van der Waals surface area contributed by atoms with Gasteiger partial charge in [-0.1, -0.05) is 85.7 Å². The van der Waals surface area contributed by atoms with Gasteiger partial charge in [0.2, 0.25) is 0 Å². The Hall–Kier alpha value is -3.21. The highest BCUT2D eigenvalue weighted by Crippen LogP contribution is 2.36. The lowest BCUT2D eigenvalue weighted by Crippen LogP contribution is -2.40. The maximum atomic E-state index is 14.3. The van der Waals surface area contributed by atoms with E-state index in [-0.39, 0.29) is 18.8 Å². The molecule has 5 rings (SSSR count). The van der Waals surface area contributed by atoms with Crippen molar-refractivity contribution in [1.29, 1.82) is 0 Å². The van der Waals surface area contributed by atoms with Crippen LogP contribution in [0.2, 0.25) is 0 Å². The monoisotopic (exact) mass is 814 g/mol. The fourth-order valence-corrected chi connectivity index (χ4v) is 7.95. The van der Waals surface area contributed by atoms with E-state index < -0.39 is 12.0 Å². The van der Waals surface area contributed by atoms with Gasteiger partial charge in [0.15, 0.2) is 4.80 Å². The summed E-state index contributed by atoms with van der Waals surface area (Å²) in [6.45, 7) is 6.32. The third kappa shape index (κ3) is 6.51. The van der Waals surface area contributed by atoms with E-state index in [4.69, 9.17) is 20.9 Å². The lowest BCUT2D eigenvalue weighted by atomic mass is 9.91. The molecule has 0 saturated carbocycles. The van der Waals surface area contributed by atoms with Crippen LogP contribution in [0, 0.1) is 19.5 Å². The minimum Gasteiger partial charge on any atom is -0.479 e. The predicted molar refractivity (Wildman–Crippen MR) is 188 cm³/mol. The van der Waals surface area contributed by atoms with Crippen molar-refractivity contribution < 1.29 is 14.3 Å². The Bertz CT molecular complexity index is 1940. The van der Waals surface area contributed by atoms with Gasteiger partial charge in [-0.05, 0) is 87.4 Å². The highest BCUT2D eigenvalue weighted by molar-refractivity contribution is 14.1. The van der Waals surface area contributed by atoms with Gasteiger partial charge in [0, 0.05) is 14.7 Å². The Balaban J connectivity index is 1.82. The van der Waals surface area contributed by atoms with Crippen LogP contribution >= 0.6 is 56.5 Å². The Morgan fingerprint density at radius 3 is 2.51 bits per heavy atom. The van der Waals surface area contributed by atoms with E-state index in [2.05, 4.69) is 64.9 Å². The van der Waals surface area contributed by atoms with Crippen LogP contribution in [-0.4, -0.2) is 23.8 Å². The standard InChI is InChI=1S/C34H28I2N2O4S/c1-5-16-42-31-24(17-25(35)19-26(31)36)18-27-32(39)38-30(23-14-12-21(13-15-23)20(3)4)28(33(40)41-6-2)29(37-34(38)43-27)22-10-8-7-9-11-22/h1,7-15,17-20,30H,6,16H2,2-4H3/b27-18-/t30-/m0/s1. The van der Waals surface area contributed by atoms with Crippen LogP contribution < -0.4 is 19.6 Å². The molecule has 9 heteroatoms. The van der Waals surface area contributed by atoms with Crippen LogP contribution in [0.25, 0.3) is 11.8 Å². The summed E-state index contributed by atoms with van der Waals surface area (Å²) in [5, 5.41) is 0. The summed E-state index contributed by atoms with van der Waals surface area (Å²) in [7, 11) is 0. The molecule has 0 spiro atoms. The number of hydrogen-bond donors (Lipinski definition) is 0. The molecule has 218 valence electrons. The maximum absolute atomic E-state index is 14.3. The summed E-state index contributed by atoms with van der Waals surface area (Å²) in [6, 6.07) is 20.8. The number of rotatable bonds is 8. The number of aromatic nitrogens is 1. The molecule has 43 heavy (non-hydrogen) atoms. The van der Waals surface area contributed by atoms with Crippen LogP contribution in [-0.2, 0) is 9.53 Å². The second-order valence-electron chi connectivity index (χ2n) is 10.1. The fourth-order valence-electron chi connectivity index (χ4n) is 4.91. The predicted octanol–water partition coefficient (Wildman–Crippen LogP) is 6.28. The summed E-state index contributed by atoms with van der Waals surface area (Å²) < 4.78 is 15.4. The van der Waals surface area contributed by atoms with E-state index in [0.717, 1.165) is 29.4 Å². The molecule has 1 aliphatic rings. The minimum absolute atomic E-state index is 0.106. The van der Waals surface area contributed by atoms with E-state index in [1.54, 1.807) is 11.5 Å². The summed E-state index contributed by atoms with van der Waals surface area (Å²) in [5.74, 6) is 2.95. The van der Waals surface area contributed by atoms with E-state index >= 15 is 0 Å². The van der Waals surface area contributed by atoms with Gasteiger partial charge in [-0.25, -0.2) is 9.79 Å². The van der Waals surface area contributed by atoms with Gasteiger partial charge in [0.1, 0.15) is 12.4 Å². The molecule has 3 aromatic carbocycles. The molecule has 0 N–H and O–H groups in total. The van der Waals surface area contributed by atoms with Crippen LogP contribution in [0.1, 0.15) is 55.0 Å². The van der Waals surface area contributed by atoms with E-state index in [9.17, 15) is 9.59 Å². The number of hydrogen-bond acceptors (Lipinski definition) is 6. The average Bonchev–Trinajstić information content (AvgIpc) is 3.30. The van der Waals surface area contributed by atoms with Gasteiger partial charge in [-0.3, -0.25) is 9.36 Å². The van der Waals surface area contributed by atoms with Crippen molar-refractivity contribution in [3.8, 4) is 18.1 Å². The first-order valence-corrected chi connectivity index (χ1v) is 16.6. The molecule has 1 aromatic heterocycles. The van der Waals surface area contributed by atoms with Crippen molar-refractivity contribution in [3.05, 3.63) is 121 Å². The van der Waals surface area contributed by atoms with Crippen molar-refractivity contribution in [2.45, 2.75) is 32.7 Å². The summed E-state index contributed by atoms with van der Waals surface area (Å²) in [5.41, 5.74) is 4.02. The first kappa shape index (κ1) is 31.2. The molecule has 2 heterocycles. The largest absolute Gasteiger partial charge is 0.479 e. The van der Waals surface area contributed by atoms with E-state index in [1.165, 1.54) is 11.3 Å². The topological polar surface area (TPSA) is 69.9 Å². The zero-order valence-corrected chi connectivity index (χ0v) is 28.9. The number of benzene rings is 3. The average molecular weight is 814 g/mol. The number of carbonyl (C=O) groups is 1. The van der Waals surface area contributed by atoms with Crippen molar-refractivity contribution in [2.75, 3.05) is 13.2 Å². The summed E-state index contributed by atoms with van der Waals surface area (Å²) in [6.07, 6.45) is 7.28. The van der Waals surface area contributed by atoms with Gasteiger partial charge in [0.05, 0.1) is 32.0 Å². The second-order valence-corrected chi connectivity index (χ2v) is 13.5. The number of fused-ring (bicyclic) bond motifs is 1. The molecule has 0 bridgehead atoms. The van der Waals surface area contributed by atoms with Gasteiger partial charge in [-0.15, -0.1) is 6.42 Å². The Labute approximate surface area is 281 Å². The molecule has 0 amide bonds. The number of ether oxygens (including phenoxy) is 2. The van der Waals surface area contributed by atoms with Gasteiger partial charge >= 0.3 is 5.97 Å². The highest BCUT2D eigenvalue weighted by Gasteiger charge is 2.35. The zero-order chi connectivity index (χ0) is 30.7. The van der Waals surface area contributed by atoms with Gasteiger partial charge < -0.3 is 9.47 Å². The normalized spacial score (nSPS) is 14.7. The first-order chi connectivity index (χ1) is 20.7. The molecule has 0 saturated heterocycles. The van der Waals surface area contributed by atoms with Crippen LogP contribution in [0.15, 0.2) is 82.1 Å². The number of carbonyl (C=O) groups excluding carboxylic acids is 1. The Morgan fingerprint density at radius 1 is 1.14 bits per heavy atom. The van der Waals surface area contributed by atoms with Crippen molar-refractivity contribution in [2.24, 2.45) is 4.99 Å². The third-order valence-corrected chi connectivity index (χ3v) is 9.32. The van der Waals surface area contributed by atoms with Gasteiger partial charge in [0.25, 0.3) is 5.56 Å². The maximum Gasteiger partial charge on any atom is 0.338 e. The lowest BCUT2D eigenvalue weighted by molar-refractivity contribution is -0.138. The molecule has 0 radical (unpaired) electrons.